The van der Waals surface area contributed by atoms with Crippen LogP contribution in [-0.2, 0) is 0 Å². The highest BCUT2D eigenvalue weighted by Gasteiger charge is 2.12. The number of rotatable bonds is 3. The lowest BCUT2D eigenvalue weighted by Gasteiger charge is -2.21. The van der Waals surface area contributed by atoms with Crippen LogP contribution in [0.15, 0.2) is 28.9 Å². The fourth-order valence-corrected chi connectivity index (χ4v) is 3.16. The van der Waals surface area contributed by atoms with E-state index in [4.69, 9.17) is 0 Å². The maximum atomic E-state index is 4.63. The lowest BCUT2D eigenvalue weighted by molar-refractivity contribution is 0.726. The van der Waals surface area contributed by atoms with Crippen LogP contribution in [0.2, 0.25) is 0 Å². The summed E-state index contributed by atoms with van der Waals surface area (Å²) in [4.78, 5) is 6.93. The van der Waals surface area contributed by atoms with Gasteiger partial charge in [0.2, 0.25) is 5.95 Å². The van der Waals surface area contributed by atoms with Gasteiger partial charge in [0, 0.05) is 23.2 Å². The molecule has 0 spiro atoms. The quantitative estimate of drug-likeness (QED) is 0.892. The molecule has 1 aromatic carbocycles. The van der Waals surface area contributed by atoms with E-state index in [-0.39, 0.29) is 0 Å². The summed E-state index contributed by atoms with van der Waals surface area (Å²) in [6.07, 6.45) is 6.80. The Labute approximate surface area is 139 Å². The molecular formula is C16H20BrN5. The van der Waals surface area contributed by atoms with Gasteiger partial charge >= 0.3 is 0 Å². The molecule has 0 bridgehead atoms. The molecule has 0 amide bonds. The van der Waals surface area contributed by atoms with Crippen molar-refractivity contribution in [2.45, 2.75) is 32.6 Å². The second-order valence-electron chi connectivity index (χ2n) is 5.62. The Morgan fingerprint density at radius 3 is 2.64 bits per heavy atom. The van der Waals surface area contributed by atoms with Gasteiger partial charge in [-0.1, -0.05) is 28.8 Å². The summed E-state index contributed by atoms with van der Waals surface area (Å²) in [7, 11) is 0. The average Bonchev–Trinajstić information content (AvgIpc) is 2.80. The van der Waals surface area contributed by atoms with E-state index in [1.54, 1.807) is 6.20 Å². The first-order chi connectivity index (χ1) is 10.7. The monoisotopic (exact) mass is 361 g/mol. The van der Waals surface area contributed by atoms with E-state index in [9.17, 15) is 0 Å². The molecule has 3 rings (SSSR count). The maximum absolute atomic E-state index is 4.63. The molecule has 0 aliphatic carbocycles. The van der Waals surface area contributed by atoms with E-state index in [2.05, 4.69) is 54.3 Å². The molecule has 1 saturated heterocycles. The first-order valence-corrected chi connectivity index (χ1v) is 8.49. The van der Waals surface area contributed by atoms with Crippen LogP contribution in [0.5, 0.6) is 0 Å². The Morgan fingerprint density at radius 1 is 1.14 bits per heavy atom. The maximum Gasteiger partial charge on any atom is 0.249 e. The minimum atomic E-state index is 0.548. The van der Waals surface area contributed by atoms with Crippen LogP contribution in [0, 0.1) is 6.92 Å². The van der Waals surface area contributed by atoms with Gasteiger partial charge in [0.05, 0.1) is 6.20 Å². The summed E-state index contributed by atoms with van der Waals surface area (Å²) < 4.78 is 1.06. The number of aromatic nitrogens is 3. The van der Waals surface area contributed by atoms with Crippen molar-refractivity contribution in [1.29, 1.82) is 0 Å². The van der Waals surface area contributed by atoms with Crippen molar-refractivity contribution in [3.05, 3.63) is 34.4 Å². The zero-order valence-corrected chi connectivity index (χ0v) is 14.3. The summed E-state index contributed by atoms with van der Waals surface area (Å²) in [5, 5.41) is 11.5. The molecule has 2 heterocycles. The van der Waals surface area contributed by atoms with Gasteiger partial charge in [0.15, 0.2) is 5.82 Å². The van der Waals surface area contributed by atoms with Crippen LogP contribution in [0.1, 0.15) is 31.2 Å². The zero-order valence-electron chi connectivity index (χ0n) is 12.7. The Bertz CT molecular complexity index is 638. The number of hydrogen-bond donors (Lipinski definition) is 1. The highest BCUT2D eigenvalue weighted by molar-refractivity contribution is 9.10. The van der Waals surface area contributed by atoms with Crippen molar-refractivity contribution < 1.29 is 0 Å². The molecule has 1 aromatic heterocycles. The first-order valence-electron chi connectivity index (χ1n) is 7.70. The summed E-state index contributed by atoms with van der Waals surface area (Å²) in [5.41, 5.74) is 2.14. The zero-order chi connectivity index (χ0) is 15.4. The Kier molecular flexibility index (Phi) is 4.87. The van der Waals surface area contributed by atoms with Gasteiger partial charge in [-0.15, -0.1) is 5.10 Å². The van der Waals surface area contributed by atoms with Crippen LogP contribution in [-0.4, -0.2) is 28.3 Å². The average molecular weight is 362 g/mol. The fourth-order valence-electron chi connectivity index (χ4n) is 2.69. The molecule has 116 valence electrons. The van der Waals surface area contributed by atoms with Gasteiger partial charge in [-0.2, -0.15) is 10.1 Å². The van der Waals surface area contributed by atoms with Crippen molar-refractivity contribution >= 4 is 33.4 Å². The van der Waals surface area contributed by atoms with E-state index in [1.807, 2.05) is 12.1 Å². The minimum Gasteiger partial charge on any atom is -0.355 e. The van der Waals surface area contributed by atoms with E-state index in [0.29, 0.717) is 5.95 Å². The van der Waals surface area contributed by atoms with E-state index >= 15 is 0 Å². The molecule has 0 unspecified atom stereocenters. The molecule has 2 aromatic rings. The highest BCUT2D eigenvalue weighted by Crippen LogP contribution is 2.23. The molecule has 5 nitrogen and oxygen atoms in total. The molecule has 1 fully saturated rings. The molecule has 1 aliphatic heterocycles. The summed E-state index contributed by atoms with van der Waals surface area (Å²) in [5.74, 6) is 1.46. The number of halogens is 1. The molecule has 0 radical (unpaired) electrons. The predicted octanol–water partition coefficient (Wildman–Crippen LogP) is 4.07. The van der Waals surface area contributed by atoms with Crippen LogP contribution in [0.4, 0.5) is 17.5 Å². The van der Waals surface area contributed by atoms with Gasteiger partial charge in [-0.25, -0.2) is 0 Å². The molecule has 0 saturated carbocycles. The van der Waals surface area contributed by atoms with Crippen LogP contribution < -0.4 is 10.2 Å². The number of anilines is 3. The Morgan fingerprint density at radius 2 is 1.91 bits per heavy atom. The van der Waals surface area contributed by atoms with E-state index < -0.39 is 0 Å². The number of nitrogens with one attached hydrogen (secondary N) is 1. The van der Waals surface area contributed by atoms with Crippen LogP contribution in [0.3, 0.4) is 0 Å². The van der Waals surface area contributed by atoms with Gasteiger partial charge in [-0.05, 0) is 43.5 Å². The lowest BCUT2D eigenvalue weighted by atomic mass is 10.2. The second-order valence-corrected chi connectivity index (χ2v) is 6.54. The smallest absolute Gasteiger partial charge is 0.249 e. The fraction of sp³-hybridized carbons (Fsp3) is 0.438. The molecule has 6 heteroatoms. The summed E-state index contributed by atoms with van der Waals surface area (Å²) in [6.45, 7) is 4.16. The largest absolute Gasteiger partial charge is 0.355 e. The van der Waals surface area contributed by atoms with Gasteiger partial charge < -0.3 is 10.2 Å². The third-order valence-corrected chi connectivity index (χ3v) is 4.40. The Balaban J connectivity index is 1.78. The standard InChI is InChI=1S/C16H20BrN5/c1-12-10-13(17)6-7-14(12)19-16-20-15(11-18-21-16)22-8-4-2-3-5-9-22/h6-7,10-11H,2-5,8-9H2,1H3,(H,19,20,21). The van der Waals surface area contributed by atoms with Gasteiger partial charge in [0.25, 0.3) is 0 Å². The van der Waals surface area contributed by atoms with Crippen molar-refractivity contribution in [2.24, 2.45) is 0 Å². The number of benzene rings is 1. The minimum absolute atomic E-state index is 0.548. The van der Waals surface area contributed by atoms with Crippen molar-refractivity contribution in [3.63, 3.8) is 0 Å². The number of aryl methyl sites for hydroxylation is 1. The normalized spacial score (nSPS) is 15.5. The molecule has 1 aliphatic rings. The van der Waals surface area contributed by atoms with E-state index in [0.717, 1.165) is 34.6 Å². The van der Waals surface area contributed by atoms with Gasteiger partial charge in [-0.3, -0.25) is 0 Å². The SMILES string of the molecule is Cc1cc(Br)ccc1Nc1nncc(N2CCCCCC2)n1. The van der Waals surface area contributed by atoms with Gasteiger partial charge in [0.1, 0.15) is 0 Å². The summed E-state index contributed by atoms with van der Waals surface area (Å²) >= 11 is 3.47. The first kappa shape index (κ1) is 15.2. The molecule has 22 heavy (non-hydrogen) atoms. The van der Waals surface area contributed by atoms with E-state index in [1.165, 1.54) is 25.7 Å². The van der Waals surface area contributed by atoms with Crippen molar-refractivity contribution in [3.8, 4) is 0 Å². The molecular weight excluding hydrogens is 342 g/mol. The number of nitrogens with zero attached hydrogens (tertiary/aromatic N) is 4. The Hall–Kier alpha value is -1.69. The predicted molar refractivity (Wildman–Crippen MR) is 92.7 cm³/mol. The summed E-state index contributed by atoms with van der Waals surface area (Å²) in [6, 6.07) is 6.08. The van der Waals surface area contributed by atoms with Crippen LogP contribution in [0.25, 0.3) is 0 Å². The molecule has 1 N–H and O–H groups in total. The third-order valence-electron chi connectivity index (χ3n) is 3.91. The third kappa shape index (κ3) is 3.74. The topological polar surface area (TPSA) is 53.9 Å². The highest BCUT2D eigenvalue weighted by atomic mass is 79.9. The number of hydrogen-bond acceptors (Lipinski definition) is 5. The second kappa shape index (κ2) is 7.05. The molecule has 0 atom stereocenters. The van der Waals surface area contributed by atoms with Crippen molar-refractivity contribution in [2.75, 3.05) is 23.3 Å². The van der Waals surface area contributed by atoms with Crippen LogP contribution >= 0.6 is 15.9 Å². The lowest BCUT2D eigenvalue weighted by Crippen LogP contribution is -2.25. The van der Waals surface area contributed by atoms with Crippen molar-refractivity contribution in [1.82, 2.24) is 15.2 Å².